The summed E-state index contributed by atoms with van der Waals surface area (Å²) < 4.78 is 17.2. The van der Waals surface area contributed by atoms with E-state index in [4.69, 9.17) is 12.2 Å². The molecule has 2 aromatic carbocycles. The Morgan fingerprint density at radius 1 is 1.09 bits per heavy atom. The molecule has 4 nitrogen and oxygen atoms in total. The lowest BCUT2D eigenvalue weighted by molar-refractivity contribution is 0.626. The third kappa shape index (κ3) is 2.31. The lowest BCUT2D eigenvalue weighted by atomic mass is 10.2. The van der Waals surface area contributed by atoms with Crippen LogP contribution in [0.2, 0.25) is 0 Å². The molecule has 0 amide bonds. The van der Waals surface area contributed by atoms with E-state index in [0.29, 0.717) is 11.3 Å². The monoisotopic (exact) mass is 324 g/mol. The second kappa shape index (κ2) is 5.24. The van der Waals surface area contributed by atoms with Crippen LogP contribution in [0.3, 0.4) is 0 Å². The van der Waals surface area contributed by atoms with E-state index in [2.05, 4.69) is 14.6 Å². The van der Waals surface area contributed by atoms with Crippen LogP contribution in [0.5, 0.6) is 0 Å². The zero-order chi connectivity index (χ0) is 16.0. The molecule has 0 radical (unpaired) electrons. The van der Waals surface area contributed by atoms with Gasteiger partial charge >= 0.3 is 0 Å². The molecular weight excluding hydrogens is 311 g/mol. The lowest BCUT2D eigenvalue weighted by Gasteiger charge is -2.07. The Balaban J connectivity index is 2.01. The molecule has 114 valence electrons. The number of para-hydroxylation sites is 1. The van der Waals surface area contributed by atoms with Crippen LogP contribution in [0.4, 0.5) is 4.39 Å². The average molecular weight is 324 g/mol. The van der Waals surface area contributed by atoms with Gasteiger partial charge in [0.2, 0.25) is 4.77 Å². The Bertz CT molecular complexity index is 1080. The van der Waals surface area contributed by atoms with Gasteiger partial charge in [-0.2, -0.15) is 10.1 Å². The molecule has 2 aromatic heterocycles. The van der Waals surface area contributed by atoms with Crippen LogP contribution in [0.1, 0.15) is 5.56 Å². The largest absolute Gasteiger partial charge is 0.319 e. The molecule has 0 bridgehead atoms. The van der Waals surface area contributed by atoms with Gasteiger partial charge in [0.1, 0.15) is 11.3 Å². The van der Waals surface area contributed by atoms with Gasteiger partial charge < -0.3 is 4.57 Å². The molecule has 0 aliphatic rings. The van der Waals surface area contributed by atoms with Crippen molar-refractivity contribution in [2.24, 2.45) is 7.05 Å². The molecule has 2 heterocycles. The van der Waals surface area contributed by atoms with Gasteiger partial charge in [-0.3, -0.25) is 0 Å². The minimum absolute atomic E-state index is 0.240. The summed E-state index contributed by atoms with van der Waals surface area (Å²) in [5.74, 6) is -0.240. The van der Waals surface area contributed by atoms with Crippen molar-refractivity contribution < 1.29 is 4.39 Å². The molecule has 0 aliphatic carbocycles. The van der Waals surface area contributed by atoms with Crippen molar-refractivity contribution in [3.05, 3.63) is 64.7 Å². The number of halogens is 1. The first kappa shape index (κ1) is 14.0. The zero-order valence-electron chi connectivity index (χ0n) is 12.4. The highest BCUT2D eigenvalue weighted by atomic mass is 32.1. The van der Waals surface area contributed by atoms with Gasteiger partial charge in [0, 0.05) is 19.0 Å². The fourth-order valence-corrected chi connectivity index (χ4v) is 2.90. The summed E-state index contributed by atoms with van der Waals surface area (Å²) in [5.41, 5.74) is 3.60. The molecule has 0 aliphatic heterocycles. The predicted molar refractivity (Wildman–Crippen MR) is 90.3 cm³/mol. The summed E-state index contributed by atoms with van der Waals surface area (Å²) >= 11 is 5.25. The molecule has 0 saturated heterocycles. The molecule has 0 unspecified atom stereocenters. The second-order valence-electron chi connectivity index (χ2n) is 5.42. The Labute approximate surface area is 136 Å². The molecule has 4 rings (SSSR count). The van der Waals surface area contributed by atoms with Crippen molar-refractivity contribution in [3.8, 4) is 0 Å². The first-order chi connectivity index (χ1) is 11.1. The van der Waals surface area contributed by atoms with Crippen LogP contribution in [-0.4, -0.2) is 19.3 Å². The van der Waals surface area contributed by atoms with Crippen molar-refractivity contribution in [1.82, 2.24) is 19.3 Å². The van der Waals surface area contributed by atoms with Gasteiger partial charge in [0.05, 0.1) is 5.52 Å². The van der Waals surface area contributed by atoms with E-state index < -0.39 is 0 Å². The quantitative estimate of drug-likeness (QED) is 0.526. The summed E-state index contributed by atoms with van der Waals surface area (Å²) in [7, 11) is 1.79. The van der Waals surface area contributed by atoms with Crippen LogP contribution in [0, 0.1) is 10.6 Å². The van der Waals surface area contributed by atoms with Gasteiger partial charge in [-0.1, -0.05) is 30.3 Å². The Hall–Kier alpha value is -2.60. The van der Waals surface area contributed by atoms with Gasteiger partial charge in [0.15, 0.2) is 5.65 Å². The minimum Gasteiger partial charge on any atom is -0.319 e. The number of fused-ring (bicyclic) bond motifs is 3. The fraction of sp³-hybridized carbons (Fsp3) is 0.118. The van der Waals surface area contributed by atoms with Crippen LogP contribution in [-0.2, 0) is 13.6 Å². The molecule has 0 spiro atoms. The highest BCUT2D eigenvalue weighted by Crippen LogP contribution is 2.26. The molecule has 23 heavy (non-hydrogen) atoms. The van der Waals surface area contributed by atoms with Gasteiger partial charge in [-0.25, -0.2) is 9.07 Å². The summed E-state index contributed by atoms with van der Waals surface area (Å²) in [4.78, 5) is 4.53. The maximum atomic E-state index is 13.1. The van der Waals surface area contributed by atoms with Crippen molar-refractivity contribution in [2.45, 2.75) is 6.54 Å². The summed E-state index contributed by atoms with van der Waals surface area (Å²) in [6.45, 7) is 0.585. The van der Waals surface area contributed by atoms with E-state index in [-0.39, 0.29) is 5.82 Å². The van der Waals surface area contributed by atoms with Crippen LogP contribution < -0.4 is 0 Å². The average Bonchev–Trinajstić information content (AvgIpc) is 2.84. The third-order valence-electron chi connectivity index (χ3n) is 3.90. The van der Waals surface area contributed by atoms with Crippen molar-refractivity contribution in [3.63, 3.8) is 0 Å². The van der Waals surface area contributed by atoms with E-state index in [1.807, 2.05) is 24.3 Å². The molecule has 6 heteroatoms. The summed E-state index contributed by atoms with van der Waals surface area (Å²) in [6.07, 6.45) is 0. The number of hydrogen-bond acceptors (Lipinski definition) is 3. The highest BCUT2D eigenvalue weighted by Gasteiger charge is 2.14. The molecule has 0 fully saturated rings. The molecule has 0 N–H and O–H groups in total. The van der Waals surface area contributed by atoms with E-state index in [1.165, 1.54) is 12.1 Å². The first-order valence-electron chi connectivity index (χ1n) is 7.20. The summed E-state index contributed by atoms with van der Waals surface area (Å²) in [5, 5.41) is 5.58. The van der Waals surface area contributed by atoms with Crippen molar-refractivity contribution in [2.75, 3.05) is 0 Å². The van der Waals surface area contributed by atoms with Crippen LogP contribution in [0.25, 0.3) is 22.1 Å². The van der Waals surface area contributed by atoms with Gasteiger partial charge in [-0.05, 0) is 36.0 Å². The van der Waals surface area contributed by atoms with Gasteiger partial charge in [-0.15, -0.1) is 0 Å². The number of nitrogens with zero attached hydrogens (tertiary/aromatic N) is 4. The van der Waals surface area contributed by atoms with Crippen LogP contribution >= 0.6 is 12.2 Å². The Morgan fingerprint density at radius 3 is 2.61 bits per heavy atom. The van der Waals surface area contributed by atoms with Crippen molar-refractivity contribution >= 4 is 34.3 Å². The molecular formula is C17H13FN4S. The molecule has 0 atom stereocenters. The highest BCUT2D eigenvalue weighted by molar-refractivity contribution is 7.71. The number of benzene rings is 2. The standard InChI is InChI=1S/C17H13FN4S/c1-21-17(23)19-16-15(20-21)13-4-2-3-5-14(13)22(16)10-11-6-8-12(18)9-7-11/h2-9H,10H2,1H3. The lowest BCUT2D eigenvalue weighted by Crippen LogP contribution is -2.05. The molecule has 4 aromatic rings. The smallest absolute Gasteiger partial charge is 0.217 e. The number of rotatable bonds is 2. The second-order valence-corrected chi connectivity index (χ2v) is 5.79. The first-order valence-corrected chi connectivity index (χ1v) is 7.61. The molecule has 0 saturated carbocycles. The van der Waals surface area contributed by atoms with E-state index >= 15 is 0 Å². The predicted octanol–water partition coefficient (Wildman–Crippen LogP) is 3.84. The van der Waals surface area contributed by atoms with E-state index in [1.54, 1.807) is 23.9 Å². The topological polar surface area (TPSA) is 35.6 Å². The number of aromatic nitrogens is 4. The Morgan fingerprint density at radius 2 is 1.83 bits per heavy atom. The number of hydrogen-bond donors (Lipinski definition) is 0. The zero-order valence-corrected chi connectivity index (χ0v) is 13.2. The number of aryl methyl sites for hydroxylation is 1. The van der Waals surface area contributed by atoms with Crippen LogP contribution in [0.15, 0.2) is 48.5 Å². The minimum atomic E-state index is -0.240. The Kier molecular flexibility index (Phi) is 3.20. The van der Waals surface area contributed by atoms with E-state index in [0.717, 1.165) is 27.6 Å². The van der Waals surface area contributed by atoms with Crippen molar-refractivity contribution in [1.29, 1.82) is 0 Å². The SMILES string of the molecule is Cn1nc2c3ccccc3n(Cc3ccc(F)cc3)c2nc1=S. The maximum absolute atomic E-state index is 13.1. The maximum Gasteiger partial charge on any atom is 0.217 e. The third-order valence-corrected chi connectivity index (χ3v) is 4.26. The normalized spacial score (nSPS) is 11.4. The summed E-state index contributed by atoms with van der Waals surface area (Å²) in [6, 6.07) is 14.5. The van der Waals surface area contributed by atoms with E-state index in [9.17, 15) is 4.39 Å². The fourth-order valence-electron chi connectivity index (χ4n) is 2.77. The van der Waals surface area contributed by atoms with Gasteiger partial charge in [0.25, 0.3) is 0 Å².